The Labute approximate surface area is 70.8 Å². The van der Waals surface area contributed by atoms with Crippen LogP contribution in [0.25, 0.3) is 0 Å². The zero-order valence-electron chi connectivity index (χ0n) is 7.12. The predicted octanol–water partition coefficient (Wildman–Crippen LogP) is -0.508. The lowest BCUT2D eigenvalue weighted by molar-refractivity contribution is -0.318. The van der Waals surface area contributed by atoms with Crippen LogP contribution in [0.4, 0.5) is 0 Å². The van der Waals surface area contributed by atoms with Crippen molar-refractivity contribution in [1.82, 2.24) is 0 Å². The van der Waals surface area contributed by atoms with Gasteiger partial charge in [-0.15, -0.1) is 0 Å². The molecule has 0 aromatic rings. The molecular weight excluding hydrogens is 160 g/mol. The van der Waals surface area contributed by atoms with Gasteiger partial charge >= 0.3 is 5.97 Å². The second-order valence-electron chi connectivity index (χ2n) is 2.98. The molecule has 0 aromatic carbocycles. The summed E-state index contributed by atoms with van der Waals surface area (Å²) in [5, 5.41) is 10.4. The van der Waals surface area contributed by atoms with Gasteiger partial charge in [0.05, 0.1) is 5.97 Å². The van der Waals surface area contributed by atoms with Crippen molar-refractivity contribution in [2.45, 2.75) is 13.8 Å². The second-order valence-corrected chi connectivity index (χ2v) is 2.98. The topological polar surface area (TPSA) is 66.4 Å². The number of carboxylic acids is 1. The Balaban J connectivity index is 4.00. The van der Waals surface area contributed by atoms with E-state index in [-0.39, 0.29) is 6.61 Å². The summed E-state index contributed by atoms with van der Waals surface area (Å²) in [7, 11) is 0. The van der Waals surface area contributed by atoms with Crippen LogP contribution in [0.1, 0.15) is 13.8 Å². The molecule has 0 heterocycles. The van der Waals surface area contributed by atoms with Crippen LogP contribution in [0.2, 0.25) is 0 Å². The summed E-state index contributed by atoms with van der Waals surface area (Å²) in [4.78, 5) is 20.9. The quantitative estimate of drug-likeness (QED) is 0.422. The van der Waals surface area contributed by atoms with Crippen molar-refractivity contribution in [2.24, 2.45) is 5.41 Å². The third kappa shape index (κ3) is 3.18. The Morgan fingerprint density at radius 1 is 1.58 bits per heavy atom. The van der Waals surface area contributed by atoms with Crippen LogP contribution >= 0.6 is 0 Å². The van der Waals surface area contributed by atoms with E-state index in [9.17, 15) is 14.7 Å². The molecule has 0 saturated carbocycles. The summed E-state index contributed by atoms with van der Waals surface area (Å²) >= 11 is 0. The molecule has 4 nitrogen and oxygen atoms in total. The van der Waals surface area contributed by atoms with Crippen LogP contribution in [0.15, 0.2) is 12.7 Å². The lowest BCUT2D eigenvalue weighted by Gasteiger charge is -2.24. The highest BCUT2D eigenvalue weighted by Crippen LogP contribution is 2.13. The average molecular weight is 171 g/mol. The van der Waals surface area contributed by atoms with Gasteiger partial charge in [0.1, 0.15) is 6.61 Å². The monoisotopic (exact) mass is 171 g/mol. The lowest BCUT2D eigenvalue weighted by Crippen LogP contribution is -2.41. The molecule has 0 amide bonds. The van der Waals surface area contributed by atoms with Crippen LogP contribution in [-0.2, 0) is 14.3 Å². The number of aliphatic carboxylic acids is 1. The number of rotatable bonds is 4. The number of carboxylic acid groups (broad SMARTS) is 1. The molecule has 0 aliphatic carbocycles. The van der Waals surface area contributed by atoms with Crippen molar-refractivity contribution in [3.63, 3.8) is 0 Å². The van der Waals surface area contributed by atoms with Crippen LogP contribution in [0.3, 0.4) is 0 Å². The van der Waals surface area contributed by atoms with E-state index in [0.717, 1.165) is 6.08 Å². The summed E-state index contributed by atoms with van der Waals surface area (Å²) in [5.74, 6) is -1.89. The zero-order chi connectivity index (χ0) is 9.78. The van der Waals surface area contributed by atoms with Gasteiger partial charge in [0.15, 0.2) is 0 Å². The van der Waals surface area contributed by atoms with E-state index in [0.29, 0.717) is 0 Å². The van der Waals surface area contributed by atoms with Gasteiger partial charge in [-0.3, -0.25) is 0 Å². The molecule has 0 fully saturated rings. The minimum atomic E-state index is -1.25. The van der Waals surface area contributed by atoms with Gasteiger partial charge in [-0.1, -0.05) is 20.4 Å². The van der Waals surface area contributed by atoms with Gasteiger partial charge in [-0.05, 0) is 0 Å². The summed E-state index contributed by atoms with van der Waals surface area (Å²) in [6, 6.07) is 0. The minimum absolute atomic E-state index is 0.208. The molecule has 0 spiro atoms. The number of carbonyl (C=O) groups is 2. The Kier molecular flexibility index (Phi) is 3.47. The molecule has 0 aromatic heterocycles. The standard InChI is InChI=1S/C8H12O4/c1-4-6(9)12-5-8(2,3)7(10)11/h4H,1,5H2,2-3H3,(H,10,11)/p-1. The normalized spacial score (nSPS) is 10.5. The number of carbonyl (C=O) groups excluding carboxylic acids is 2. The fourth-order valence-electron chi connectivity index (χ4n) is 0.369. The van der Waals surface area contributed by atoms with Gasteiger partial charge in [0, 0.05) is 11.5 Å². The first-order valence-corrected chi connectivity index (χ1v) is 3.41. The second kappa shape index (κ2) is 3.90. The molecular formula is C8H11O4-. The number of ether oxygens (including phenoxy) is 1. The van der Waals surface area contributed by atoms with E-state index in [2.05, 4.69) is 11.3 Å². The maximum atomic E-state index is 10.5. The van der Waals surface area contributed by atoms with Crippen LogP contribution in [0, 0.1) is 5.41 Å². The predicted molar refractivity (Wildman–Crippen MR) is 39.9 cm³/mol. The van der Waals surface area contributed by atoms with Crippen molar-refractivity contribution in [1.29, 1.82) is 0 Å². The fourth-order valence-corrected chi connectivity index (χ4v) is 0.369. The Morgan fingerprint density at radius 2 is 2.08 bits per heavy atom. The van der Waals surface area contributed by atoms with E-state index >= 15 is 0 Å². The summed E-state index contributed by atoms with van der Waals surface area (Å²) < 4.78 is 4.54. The Morgan fingerprint density at radius 3 is 2.42 bits per heavy atom. The first-order valence-electron chi connectivity index (χ1n) is 3.41. The molecule has 0 unspecified atom stereocenters. The lowest BCUT2D eigenvalue weighted by atomic mass is 9.95. The molecule has 4 heteroatoms. The molecule has 0 N–H and O–H groups in total. The maximum absolute atomic E-state index is 10.5. The van der Waals surface area contributed by atoms with Crippen molar-refractivity contribution in [3.05, 3.63) is 12.7 Å². The summed E-state index contributed by atoms with van der Waals surface area (Å²) in [6.07, 6.45) is 0.978. The first-order chi connectivity index (χ1) is 5.40. The number of hydrogen-bond acceptors (Lipinski definition) is 4. The minimum Gasteiger partial charge on any atom is -0.549 e. The SMILES string of the molecule is C=CC(=O)OCC(C)(C)C(=O)[O-]. The Hall–Kier alpha value is -1.32. The van der Waals surface area contributed by atoms with E-state index in [4.69, 9.17) is 0 Å². The molecule has 0 saturated heterocycles. The molecule has 12 heavy (non-hydrogen) atoms. The van der Waals surface area contributed by atoms with Crippen molar-refractivity contribution in [3.8, 4) is 0 Å². The van der Waals surface area contributed by atoms with Crippen molar-refractivity contribution in [2.75, 3.05) is 6.61 Å². The first kappa shape index (κ1) is 10.7. The smallest absolute Gasteiger partial charge is 0.330 e. The van der Waals surface area contributed by atoms with Crippen LogP contribution in [0.5, 0.6) is 0 Å². The van der Waals surface area contributed by atoms with E-state index in [1.165, 1.54) is 13.8 Å². The van der Waals surface area contributed by atoms with Crippen molar-refractivity contribution >= 4 is 11.9 Å². The van der Waals surface area contributed by atoms with Gasteiger partial charge in [0.25, 0.3) is 0 Å². The Bertz CT molecular complexity index is 205. The molecule has 0 radical (unpaired) electrons. The molecule has 0 atom stereocenters. The molecule has 0 aliphatic rings. The molecule has 68 valence electrons. The average Bonchev–Trinajstić information content (AvgIpc) is 2.00. The van der Waals surface area contributed by atoms with Gasteiger partial charge in [0.2, 0.25) is 0 Å². The van der Waals surface area contributed by atoms with Crippen LogP contribution in [-0.4, -0.2) is 18.5 Å². The van der Waals surface area contributed by atoms with Gasteiger partial charge in [-0.2, -0.15) is 0 Å². The number of esters is 1. The summed E-state index contributed by atoms with van der Waals surface area (Å²) in [6.45, 7) is 5.79. The maximum Gasteiger partial charge on any atom is 0.330 e. The van der Waals surface area contributed by atoms with E-state index in [1.54, 1.807) is 0 Å². The third-order valence-corrected chi connectivity index (χ3v) is 1.29. The number of hydrogen-bond donors (Lipinski definition) is 0. The molecule has 0 aliphatic heterocycles. The third-order valence-electron chi connectivity index (χ3n) is 1.29. The molecule has 0 rings (SSSR count). The highest BCUT2D eigenvalue weighted by atomic mass is 16.5. The van der Waals surface area contributed by atoms with Gasteiger partial charge < -0.3 is 14.6 Å². The highest BCUT2D eigenvalue weighted by molar-refractivity contribution is 5.81. The van der Waals surface area contributed by atoms with Crippen LogP contribution < -0.4 is 5.11 Å². The zero-order valence-corrected chi connectivity index (χ0v) is 7.12. The van der Waals surface area contributed by atoms with Crippen molar-refractivity contribution < 1.29 is 19.4 Å². The van der Waals surface area contributed by atoms with E-state index < -0.39 is 17.4 Å². The molecule has 0 bridgehead atoms. The van der Waals surface area contributed by atoms with E-state index in [1.807, 2.05) is 0 Å². The largest absolute Gasteiger partial charge is 0.549 e. The van der Waals surface area contributed by atoms with Gasteiger partial charge in [-0.25, -0.2) is 4.79 Å². The summed E-state index contributed by atoms with van der Waals surface area (Å²) in [5.41, 5.74) is -1.15. The highest BCUT2D eigenvalue weighted by Gasteiger charge is 2.20. The fraction of sp³-hybridized carbons (Fsp3) is 0.500.